The summed E-state index contributed by atoms with van der Waals surface area (Å²) in [6, 6.07) is 0. The van der Waals surface area contributed by atoms with E-state index >= 15 is 0 Å². The van der Waals surface area contributed by atoms with Crippen molar-refractivity contribution in [3.8, 4) is 0 Å². The van der Waals surface area contributed by atoms with Crippen molar-refractivity contribution in [2.24, 2.45) is 0 Å². The second-order valence-corrected chi connectivity index (χ2v) is 7.88. The SMILES string of the molecule is CCC(C)(C)NC(=O)Cn1nc(C)c(S(=O)(=O)Cl)c1C. The number of amides is 1. The van der Waals surface area contributed by atoms with Crippen LogP contribution in [-0.4, -0.2) is 29.6 Å². The van der Waals surface area contributed by atoms with E-state index in [-0.39, 0.29) is 22.9 Å². The molecule has 0 aliphatic heterocycles. The lowest BCUT2D eigenvalue weighted by atomic mass is 10.0. The van der Waals surface area contributed by atoms with E-state index in [9.17, 15) is 13.2 Å². The average Bonchev–Trinajstić information content (AvgIpc) is 2.52. The van der Waals surface area contributed by atoms with E-state index in [4.69, 9.17) is 10.7 Å². The van der Waals surface area contributed by atoms with Crippen molar-refractivity contribution < 1.29 is 13.2 Å². The standard InChI is InChI=1S/C12H20ClN3O3S/c1-6-12(4,5)14-10(17)7-16-9(3)11(8(2)15-16)20(13,18)19/h6-7H2,1-5H3,(H,14,17). The molecular weight excluding hydrogens is 302 g/mol. The molecule has 1 aromatic rings. The van der Waals surface area contributed by atoms with Gasteiger partial charge in [-0.3, -0.25) is 9.48 Å². The Morgan fingerprint density at radius 2 is 1.95 bits per heavy atom. The van der Waals surface area contributed by atoms with E-state index in [1.807, 2.05) is 20.8 Å². The van der Waals surface area contributed by atoms with Crippen molar-refractivity contribution >= 4 is 25.6 Å². The van der Waals surface area contributed by atoms with Gasteiger partial charge >= 0.3 is 0 Å². The molecule has 0 unspecified atom stereocenters. The Kier molecular flexibility index (Phi) is 4.86. The largest absolute Gasteiger partial charge is 0.350 e. The number of hydrogen-bond donors (Lipinski definition) is 1. The molecule has 20 heavy (non-hydrogen) atoms. The minimum Gasteiger partial charge on any atom is -0.350 e. The summed E-state index contributed by atoms with van der Waals surface area (Å²) in [7, 11) is 1.50. The third-order valence-electron chi connectivity index (χ3n) is 3.21. The van der Waals surface area contributed by atoms with Crippen LogP contribution in [0.15, 0.2) is 4.90 Å². The van der Waals surface area contributed by atoms with Gasteiger partial charge in [0.25, 0.3) is 9.05 Å². The van der Waals surface area contributed by atoms with Gasteiger partial charge in [0.1, 0.15) is 11.4 Å². The van der Waals surface area contributed by atoms with Crippen LogP contribution in [0.2, 0.25) is 0 Å². The first kappa shape index (κ1) is 17.0. The van der Waals surface area contributed by atoms with E-state index in [1.165, 1.54) is 4.68 Å². The topological polar surface area (TPSA) is 81.1 Å². The highest BCUT2D eigenvalue weighted by Crippen LogP contribution is 2.23. The van der Waals surface area contributed by atoms with E-state index in [0.717, 1.165) is 6.42 Å². The third kappa shape index (κ3) is 3.96. The van der Waals surface area contributed by atoms with Crippen molar-refractivity contribution in [1.82, 2.24) is 15.1 Å². The fourth-order valence-corrected chi connectivity index (χ4v) is 3.35. The van der Waals surface area contributed by atoms with Crippen LogP contribution in [0.3, 0.4) is 0 Å². The Morgan fingerprint density at radius 3 is 2.35 bits per heavy atom. The van der Waals surface area contributed by atoms with E-state index < -0.39 is 9.05 Å². The van der Waals surface area contributed by atoms with Crippen LogP contribution in [0.25, 0.3) is 0 Å². The van der Waals surface area contributed by atoms with Gasteiger partial charge in [-0.05, 0) is 34.1 Å². The summed E-state index contributed by atoms with van der Waals surface area (Å²) >= 11 is 0. The first-order valence-corrected chi connectivity index (χ1v) is 8.58. The maximum absolute atomic E-state index is 12.0. The molecular formula is C12H20ClN3O3S. The number of nitrogens with zero attached hydrogens (tertiary/aromatic N) is 2. The average molecular weight is 322 g/mol. The van der Waals surface area contributed by atoms with Crippen molar-refractivity contribution in [3.05, 3.63) is 11.4 Å². The van der Waals surface area contributed by atoms with Gasteiger partial charge in [-0.25, -0.2) is 8.42 Å². The lowest BCUT2D eigenvalue weighted by molar-refractivity contribution is -0.123. The molecule has 6 nitrogen and oxygen atoms in total. The molecule has 0 radical (unpaired) electrons. The molecule has 114 valence electrons. The summed E-state index contributed by atoms with van der Waals surface area (Å²) in [6.45, 7) is 8.89. The fraction of sp³-hybridized carbons (Fsp3) is 0.667. The van der Waals surface area contributed by atoms with Gasteiger partial charge in [0.15, 0.2) is 0 Å². The zero-order valence-electron chi connectivity index (χ0n) is 12.3. The van der Waals surface area contributed by atoms with E-state index in [0.29, 0.717) is 11.4 Å². The van der Waals surface area contributed by atoms with E-state index in [1.54, 1.807) is 13.8 Å². The molecule has 0 saturated carbocycles. The van der Waals surface area contributed by atoms with Crippen molar-refractivity contribution in [3.63, 3.8) is 0 Å². The summed E-state index contributed by atoms with van der Waals surface area (Å²) in [5.41, 5.74) is 0.344. The molecule has 0 aliphatic rings. The van der Waals surface area contributed by atoms with Crippen molar-refractivity contribution in [2.75, 3.05) is 0 Å². The summed E-state index contributed by atoms with van der Waals surface area (Å²) in [4.78, 5) is 11.9. The number of hydrogen-bond acceptors (Lipinski definition) is 4. The molecule has 0 bridgehead atoms. The van der Waals surface area contributed by atoms with Gasteiger partial charge in [0, 0.05) is 16.2 Å². The molecule has 1 aromatic heterocycles. The smallest absolute Gasteiger partial charge is 0.264 e. The molecule has 1 heterocycles. The molecule has 0 aliphatic carbocycles. The molecule has 1 rings (SSSR count). The van der Waals surface area contributed by atoms with Crippen LogP contribution in [-0.2, 0) is 20.4 Å². The van der Waals surface area contributed by atoms with Crippen LogP contribution in [0.4, 0.5) is 0 Å². The Labute approximate surface area is 123 Å². The van der Waals surface area contributed by atoms with Crippen LogP contribution >= 0.6 is 10.7 Å². The number of nitrogens with one attached hydrogen (secondary N) is 1. The highest BCUT2D eigenvalue weighted by atomic mass is 35.7. The number of carbonyl (C=O) groups is 1. The summed E-state index contributed by atoms with van der Waals surface area (Å²) in [6.07, 6.45) is 0.789. The van der Waals surface area contributed by atoms with Gasteiger partial charge in [0.2, 0.25) is 5.91 Å². The first-order valence-electron chi connectivity index (χ1n) is 6.27. The monoisotopic (exact) mass is 321 g/mol. The van der Waals surface area contributed by atoms with Gasteiger partial charge in [-0.2, -0.15) is 5.10 Å². The quantitative estimate of drug-likeness (QED) is 0.837. The molecule has 0 fully saturated rings. The zero-order chi connectivity index (χ0) is 15.7. The highest BCUT2D eigenvalue weighted by Gasteiger charge is 2.24. The second-order valence-electron chi connectivity index (χ2n) is 5.38. The lowest BCUT2D eigenvalue weighted by Gasteiger charge is -2.24. The molecule has 1 N–H and O–H groups in total. The van der Waals surface area contributed by atoms with Gasteiger partial charge in [0.05, 0.1) is 11.4 Å². The Hall–Kier alpha value is -1.08. The molecule has 0 spiro atoms. The maximum atomic E-state index is 12.0. The van der Waals surface area contributed by atoms with Gasteiger partial charge in [-0.15, -0.1) is 0 Å². The van der Waals surface area contributed by atoms with Crippen molar-refractivity contribution in [2.45, 2.75) is 58.0 Å². The number of halogens is 1. The predicted molar refractivity (Wildman–Crippen MR) is 77.3 cm³/mol. The normalized spacial score (nSPS) is 12.5. The summed E-state index contributed by atoms with van der Waals surface area (Å²) in [5, 5.41) is 6.93. The van der Waals surface area contributed by atoms with Crippen molar-refractivity contribution in [1.29, 1.82) is 0 Å². The van der Waals surface area contributed by atoms with Crippen LogP contribution < -0.4 is 5.32 Å². The second kappa shape index (κ2) is 5.73. The molecule has 0 aromatic carbocycles. The number of rotatable bonds is 5. The Balaban J connectivity index is 2.99. The predicted octanol–water partition coefficient (Wildman–Crippen LogP) is 1.73. The third-order valence-corrected chi connectivity index (χ3v) is 4.76. The molecule has 0 atom stereocenters. The minimum absolute atomic E-state index is 0.0262. The van der Waals surface area contributed by atoms with Crippen LogP contribution in [0.1, 0.15) is 38.6 Å². The summed E-state index contributed by atoms with van der Waals surface area (Å²) < 4.78 is 24.3. The number of aromatic nitrogens is 2. The maximum Gasteiger partial charge on any atom is 0.264 e. The summed E-state index contributed by atoms with van der Waals surface area (Å²) in [5.74, 6) is -0.221. The Bertz CT molecular complexity index is 620. The lowest BCUT2D eigenvalue weighted by Crippen LogP contribution is -2.44. The fourth-order valence-electron chi connectivity index (χ4n) is 1.83. The van der Waals surface area contributed by atoms with E-state index in [2.05, 4.69) is 10.4 Å². The van der Waals surface area contributed by atoms with Crippen LogP contribution in [0, 0.1) is 13.8 Å². The number of carbonyl (C=O) groups excluding carboxylic acids is 1. The van der Waals surface area contributed by atoms with Crippen LogP contribution in [0.5, 0.6) is 0 Å². The first-order chi connectivity index (χ1) is 8.98. The Morgan fingerprint density at radius 1 is 1.40 bits per heavy atom. The minimum atomic E-state index is -3.86. The van der Waals surface area contributed by atoms with Gasteiger partial charge in [-0.1, -0.05) is 6.92 Å². The highest BCUT2D eigenvalue weighted by molar-refractivity contribution is 8.13. The van der Waals surface area contributed by atoms with Gasteiger partial charge < -0.3 is 5.32 Å². The molecule has 1 amide bonds. The zero-order valence-corrected chi connectivity index (χ0v) is 13.9. The molecule has 0 saturated heterocycles. The molecule has 8 heteroatoms. The number of aryl methyl sites for hydroxylation is 1.